The SMILES string of the molecule is Cc1ccc(NC(=O)Nc2n[nH]c3ccc(OCCF)cc23)c(C)c1. The van der Waals surface area contributed by atoms with Crippen LogP contribution in [0, 0.1) is 13.8 Å². The van der Waals surface area contributed by atoms with Crippen molar-refractivity contribution in [3.05, 3.63) is 47.5 Å². The van der Waals surface area contributed by atoms with Crippen molar-refractivity contribution in [1.29, 1.82) is 0 Å². The van der Waals surface area contributed by atoms with Gasteiger partial charge in [0.2, 0.25) is 0 Å². The van der Waals surface area contributed by atoms with Crippen molar-refractivity contribution in [2.45, 2.75) is 13.8 Å². The number of aromatic nitrogens is 2. The number of urea groups is 1. The molecule has 1 aromatic heterocycles. The summed E-state index contributed by atoms with van der Waals surface area (Å²) in [5.41, 5.74) is 3.58. The standard InChI is InChI=1S/C18H19FN4O2/c1-11-3-5-15(12(2)9-11)20-18(24)21-17-14-10-13(25-8-7-19)4-6-16(14)22-23-17/h3-6,9-10H,7-8H2,1-2H3,(H3,20,21,22,23,24). The van der Waals surface area contributed by atoms with E-state index in [0.717, 1.165) is 22.3 Å². The third-order valence-electron chi connectivity index (χ3n) is 3.74. The molecular formula is C18H19FN4O2. The molecule has 2 amide bonds. The first kappa shape index (κ1) is 16.8. The Bertz CT molecular complexity index is 907. The van der Waals surface area contributed by atoms with E-state index < -0.39 is 12.7 Å². The molecule has 0 radical (unpaired) electrons. The second-order valence-electron chi connectivity index (χ2n) is 5.71. The maximum atomic E-state index is 12.3. The van der Waals surface area contributed by atoms with Crippen molar-refractivity contribution in [3.8, 4) is 5.75 Å². The number of ether oxygens (including phenoxy) is 1. The molecule has 0 saturated carbocycles. The highest BCUT2D eigenvalue weighted by Crippen LogP contribution is 2.25. The van der Waals surface area contributed by atoms with Crippen LogP contribution in [0.2, 0.25) is 0 Å². The Morgan fingerprint density at radius 1 is 1.20 bits per heavy atom. The maximum Gasteiger partial charge on any atom is 0.324 e. The lowest BCUT2D eigenvalue weighted by molar-refractivity contribution is 0.262. The quantitative estimate of drug-likeness (QED) is 0.651. The second-order valence-corrected chi connectivity index (χ2v) is 5.71. The van der Waals surface area contributed by atoms with Crippen LogP contribution in [-0.2, 0) is 0 Å². The average molecular weight is 342 g/mol. The smallest absolute Gasteiger partial charge is 0.324 e. The number of benzene rings is 2. The van der Waals surface area contributed by atoms with E-state index in [9.17, 15) is 9.18 Å². The minimum absolute atomic E-state index is 0.0146. The van der Waals surface area contributed by atoms with Gasteiger partial charge < -0.3 is 10.1 Å². The molecule has 0 atom stereocenters. The Labute approximate surface area is 144 Å². The van der Waals surface area contributed by atoms with Crippen LogP contribution in [-0.4, -0.2) is 29.5 Å². The number of anilines is 2. The molecule has 3 N–H and O–H groups in total. The van der Waals surface area contributed by atoms with Crippen LogP contribution < -0.4 is 15.4 Å². The Hall–Kier alpha value is -3.09. The van der Waals surface area contributed by atoms with Crippen LogP contribution in [0.5, 0.6) is 5.75 Å². The van der Waals surface area contributed by atoms with Crippen LogP contribution >= 0.6 is 0 Å². The summed E-state index contributed by atoms with van der Waals surface area (Å²) in [6.45, 7) is 3.35. The molecule has 0 bridgehead atoms. The Morgan fingerprint density at radius 2 is 2.04 bits per heavy atom. The zero-order chi connectivity index (χ0) is 17.8. The number of alkyl halides is 1. The first-order chi connectivity index (χ1) is 12.1. The van der Waals surface area contributed by atoms with Gasteiger partial charge in [0.05, 0.1) is 5.52 Å². The number of nitrogens with zero attached hydrogens (tertiary/aromatic N) is 1. The minimum Gasteiger partial charge on any atom is -0.491 e. The summed E-state index contributed by atoms with van der Waals surface area (Å²) in [4.78, 5) is 12.3. The molecule has 6 nitrogen and oxygen atoms in total. The first-order valence-electron chi connectivity index (χ1n) is 7.89. The minimum atomic E-state index is -0.563. The molecule has 1 heterocycles. The molecule has 0 fully saturated rings. The van der Waals surface area contributed by atoms with Gasteiger partial charge in [0.1, 0.15) is 19.0 Å². The van der Waals surface area contributed by atoms with Gasteiger partial charge in [0.15, 0.2) is 5.82 Å². The summed E-state index contributed by atoms with van der Waals surface area (Å²) >= 11 is 0. The summed E-state index contributed by atoms with van der Waals surface area (Å²) in [7, 11) is 0. The summed E-state index contributed by atoms with van der Waals surface area (Å²) in [6.07, 6.45) is 0. The number of carbonyl (C=O) groups excluding carboxylic acids is 1. The molecule has 0 aliphatic carbocycles. The zero-order valence-corrected chi connectivity index (χ0v) is 14.0. The molecule has 130 valence electrons. The zero-order valence-electron chi connectivity index (χ0n) is 14.0. The molecular weight excluding hydrogens is 323 g/mol. The number of hydrogen-bond acceptors (Lipinski definition) is 3. The lowest BCUT2D eigenvalue weighted by atomic mass is 10.1. The summed E-state index contributed by atoms with van der Waals surface area (Å²) < 4.78 is 17.5. The van der Waals surface area contributed by atoms with E-state index in [2.05, 4.69) is 20.8 Å². The Morgan fingerprint density at radius 3 is 2.80 bits per heavy atom. The number of rotatable bonds is 5. The van der Waals surface area contributed by atoms with Crippen molar-refractivity contribution < 1.29 is 13.9 Å². The predicted octanol–water partition coefficient (Wildman–Crippen LogP) is 4.17. The highest BCUT2D eigenvalue weighted by Gasteiger charge is 2.11. The molecule has 2 aromatic carbocycles. The van der Waals surface area contributed by atoms with Gasteiger partial charge in [-0.15, -0.1) is 0 Å². The van der Waals surface area contributed by atoms with Gasteiger partial charge in [0, 0.05) is 11.1 Å². The lowest BCUT2D eigenvalue weighted by Gasteiger charge is -2.09. The third-order valence-corrected chi connectivity index (χ3v) is 3.74. The molecule has 7 heteroatoms. The summed E-state index contributed by atoms with van der Waals surface area (Å²) in [5, 5.41) is 13.2. The fraction of sp³-hybridized carbons (Fsp3) is 0.222. The van der Waals surface area contributed by atoms with Gasteiger partial charge in [0.25, 0.3) is 0 Å². The topological polar surface area (TPSA) is 79.0 Å². The van der Waals surface area contributed by atoms with Crippen LogP contribution in [0.25, 0.3) is 10.9 Å². The highest BCUT2D eigenvalue weighted by molar-refractivity contribution is 6.05. The van der Waals surface area contributed by atoms with Crippen LogP contribution in [0.15, 0.2) is 36.4 Å². The number of aryl methyl sites for hydroxylation is 2. The first-order valence-corrected chi connectivity index (χ1v) is 7.89. The van der Waals surface area contributed by atoms with Crippen molar-refractivity contribution in [2.75, 3.05) is 23.9 Å². The van der Waals surface area contributed by atoms with Crippen LogP contribution in [0.1, 0.15) is 11.1 Å². The van der Waals surface area contributed by atoms with E-state index in [1.165, 1.54) is 0 Å². The van der Waals surface area contributed by atoms with E-state index >= 15 is 0 Å². The average Bonchev–Trinajstić information content (AvgIpc) is 2.98. The van der Waals surface area contributed by atoms with Gasteiger partial charge in [-0.25, -0.2) is 9.18 Å². The largest absolute Gasteiger partial charge is 0.491 e. The normalized spacial score (nSPS) is 10.7. The van der Waals surface area contributed by atoms with Gasteiger partial charge in [-0.1, -0.05) is 17.7 Å². The fourth-order valence-corrected chi connectivity index (χ4v) is 2.55. The Balaban J connectivity index is 1.76. The van der Waals surface area contributed by atoms with Crippen molar-refractivity contribution in [2.24, 2.45) is 0 Å². The van der Waals surface area contributed by atoms with Gasteiger partial charge in [-0.2, -0.15) is 5.10 Å². The van der Waals surface area contributed by atoms with Gasteiger partial charge >= 0.3 is 6.03 Å². The summed E-state index contributed by atoms with van der Waals surface area (Å²) in [6, 6.07) is 10.6. The molecule has 3 aromatic rings. The monoisotopic (exact) mass is 342 g/mol. The summed E-state index contributed by atoms with van der Waals surface area (Å²) in [5.74, 6) is 0.896. The van der Waals surface area contributed by atoms with E-state index in [1.54, 1.807) is 18.2 Å². The van der Waals surface area contributed by atoms with E-state index in [1.807, 2.05) is 32.0 Å². The molecule has 0 spiro atoms. The van der Waals surface area contributed by atoms with E-state index in [0.29, 0.717) is 17.0 Å². The number of halogens is 1. The maximum absolute atomic E-state index is 12.3. The number of fused-ring (bicyclic) bond motifs is 1. The number of aromatic amines is 1. The predicted molar refractivity (Wildman–Crippen MR) is 96.1 cm³/mol. The molecule has 0 aliphatic rings. The van der Waals surface area contributed by atoms with Crippen LogP contribution in [0.3, 0.4) is 0 Å². The highest BCUT2D eigenvalue weighted by atomic mass is 19.1. The fourth-order valence-electron chi connectivity index (χ4n) is 2.55. The van der Waals surface area contributed by atoms with Gasteiger partial charge in [-0.3, -0.25) is 10.4 Å². The number of amides is 2. The second kappa shape index (κ2) is 7.21. The number of nitrogens with one attached hydrogen (secondary N) is 3. The lowest BCUT2D eigenvalue weighted by Crippen LogP contribution is -2.20. The molecule has 25 heavy (non-hydrogen) atoms. The van der Waals surface area contributed by atoms with Gasteiger partial charge in [-0.05, 0) is 43.7 Å². The number of carbonyl (C=O) groups is 1. The molecule has 0 unspecified atom stereocenters. The molecule has 0 aliphatic heterocycles. The van der Waals surface area contributed by atoms with E-state index in [4.69, 9.17) is 4.74 Å². The number of hydrogen-bond donors (Lipinski definition) is 3. The number of H-pyrrole nitrogens is 1. The van der Waals surface area contributed by atoms with Crippen molar-refractivity contribution in [3.63, 3.8) is 0 Å². The van der Waals surface area contributed by atoms with E-state index in [-0.39, 0.29) is 6.61 Å². The van der Waals surface area contributed by atoms with Crippen molar-refractivity contribution >= 4 is 28.4 Å². The Kier molecular flexibility index (Phi) is 4.83. The van der Waals surface area contributed by atoms with Crippen LogP contribution in [0.4, 0.5) is 20.7 Å². The molecule has 3 rings (SSSR count). The third kappa shape index (κ3) is 3.88. The molecule has 0 saturated heterocycles. The van der Waals surface area contributed by atoms with Crippen molar-refractivity contribution in [1.82, 2.24) is 10.2 Å².